The number of nitrogens with one attached hydrogen (secondary N) is 1. The molecule has 1 saturated carbocycles. The Hall–Kier alpha value is -0.870. The van der Waals surface area contributed by atoms with Crippen LogP contribution in [0.25, 0.3) is 0 Å². The van der Waals surface area contributed by atoms with E-state index >= 15 is 0 Å². The van der Waals surface area contributed by atoms with Crippen LogP contribution in [0.5, 0.6) is 0 Å². The lowest BCUT2D eigenvalue weighted by Gasteiger charge is -2.18. The highest BCUT2D eigenvalue weighted by Crippen LogP contribution is 2.31. The first-order valence-corrected chi connectivity index (χ1v) is 7.19. The van der Waals surface area contributed by atoms with E-state index in [1.54, 1.807) is 0 Å². The summed E-state index contributed by atoms with van der Waals surface area (Å²) >= 11 is 0. The molecule has 3 rings (SSSR count). The standard InChI is InChI=1S/C14H24N4/c1-11(14-5-7-16-17(14)2)15-9-12-6-8-18(10-12)13-3-4-13/h5,7,11-13,15H,3-4,6,8-10H2,1-2H3. The van der Waals surface area contributed by atoms with Crippen LogP contribution in [-0.2, 0) is 7.05 Å². The number of nitrogens with zero attached hydrogens (tertiary/aromatic N) is 3. The molecular weight excluding hydrogens is 224 g/mol. The van der Waals surface area contributed by atoms with Crippen molar-refractivity contribution >= 4 is 0 Å². The van der Waals surface area contributed by atoms with Crippen LogP contribution in [-0.4, -0.2) is 40.4 Å². The van der Waals surface area contributed by atoms with Gasteiger partial charge in [0.1, 0.15) is 0 Å². The highest BCUT2D eigenvalue weighted by molar-refractivity contribution is 5.05. The Labute approximate surface area is 109 Å². The molecule has 1 aliphatic carbocycles. The minimum atomic E-state index is 0.396. The second kappa shape index (κ2) is 5.02. The van der Waals surface area contributed by atoms with Crippen molar-refractivity contribution in [2.75, 3.05) is 19.6 Å². The molecule has 0 spiro atoms. The van der Waals surface area contributed by atoms with Gasteiger partial charge in [0.15, 0.2) is 0 Å². The van der Waals surface area contributed by atoms with Crippen LogP contribution in [0.2, 0.25) is 0 Å². The molecule has 2 fully saturated rings. The van der Waals surface area contributed by atoms with Gasteiger partial charge in [-0.05, 0) is 51.3 Å². The van der Waals surface area contributed by atoms with Gasteiger partial charge in [0.05, 0.1) is 5.69 Å². The Morgan fingerprint density at radius 3 is 2.94 bits per heavy atom. The predicted octanol–water partition coefficient (Wildman–Crippen LogP) is 1.55. The van der Waals surface area contributed by atoms with Crippen molar-refractivity contribution in [3.8, 4) is 0 Å². The second-order valence-corrected chi connectivity index (χ2v) is 5.89. The first-order chi connectivity index (χ1) is 8.74. The fourth-order valence-electron chi connectivity index (χ4n) is 3.06. The molecule has 4 nitrogen and oxygen atoms in total. The molecule has 18 heavy (non-hydrogen) atoms. The Balaban J connectivity index is 1.45. The lowest BCUT2D eigenvalue weighted by atomic mass is 10.1. The average molecular weight is 248 g/mol. The van der Waals surface area contributed by atoms with E-state index in [9.17, 15) is 0 Å². The van der Waals surface area contributed by atoms with Gasteiger partial charge in [0.2, 0.25) is 0 Å². The Kier molecular flexibility index (Phi) is 3.39. The SMILES string of the molecule is CC(NCC1CCN(C2CC2)C1)c1ccnn1C. The molecule has 1 aromatic heterocycles. The summed E-state index contributed by atoms with van der Waals surface area (Å²) in [5.41, 5.74) is 1.27. The van der Waals surface area contributed by atoms with Crippen LogP contribution in [0, 0.1) is 5.92 Å². The highest BCUT2D eigenvalue weighted by atomic mass is 15.3. The quantitative estimate of drug-likeness (QED) is 0.858. The molecule has 2 unspecified atom stereocenters. The van der Waals surface area contributed by atoms with Crippen LogP contribution in [0.4, 0.5) is 0 Å². The third-order valence-electron chi connectivity index (χ3n) is 4.40. The molecular formula is C14H24N4. The maximum atomic E-state index is 4.23. The molecule has 0 bridgehead atoms. The minimum absolute atomic E-state index is 0.396. The van der Waals surface area contributed by atoms with Crippen LogP contribution < -0.4 is 5.32 Å². The number of rotatable bonds is 5. The average Bonchev–Trinajstić information content (AvgIpc) is 2.95. The summed E-state index contributed by atoms with van der Waals surface area (Å²) in [5, 5.41) is 7.89. The van der Waals surface area contributed by atoms with E-state index in [0.29, 0.717) is 6.04 Å². The first kappa shape index (κ1) is 12.2. The summed E-state index contributed by atoms with van der Waals surface area (Å²) in [6, 6.07) is 3.43. The van der Waals surface area contributed by atoms with Crippen molar-refractivity contribution in [3.05, 3.63) is 18.0 Å². The van der Waals surface area contributed by atoms with Crippen molar-refractivity contribution < 1.29 is 0 Å². The molecule has 0 aromatic carbocycles. The van der Waals surface area contributed by atoms with Crippen LogP contribution >= 0.6 is 0 Å². The normalized spacial score (nSPS) is 26.7. The third-order valence-corrected chi connectivity index (χ3v) is 4.40. The summed E-state index contributed by atoms with van der Waals surface area (Å²) in [6.45, 7) is 5.98. The van der Waals surface area contributed by atoms with Gasteiger partial charge in [0.25, 0.3) is 0 Å². The minimum Gasteiger partial charge on any atom is -0.309 e. The van der Waals surface area contributed by atoms with E-state index in [1.165, 1.54) is 38.0 Å². The van der Waals surface area contributed by atoms with E-state index in [1.807, 2.05) is 17.9 Å². The largest absolute Gasteiger partial charge is 0.309 e. The van der Waals surface area contributed by atoms with E-state index in [2.05, 4.69) is 28.3 Å². The van der Waals surface area contributed by atoms with Crippen LogP contribution in [0.1, 0.15) is 37.9 Å². The molecule has 0 amide bonds. The van der Waals surface area contributed by atoms with Crippen LogP contribution in [0.3, 0.4) is 0 Å². The maximum absolute atomic E-state index is 4.23. The first-order valence-electron chi connectivity index (χ1n) is 7.19. The fraction of sp³-hybridized carbons (Fsp3) is 0.786. The smallest absolute Gasteiger partial charge is 0.0547 e. The van der Waals surface area contributed by atoms with Crippen LogP contribution in [0.15, 0.2) is 12.3 Å². The Bertz CT molecular complexity index is 396. The summed E-state index contributed by atoms with van der Waals surface area (Å²) in [6.07, 6.45) is 6.11. The fourth-order valence-corrected chi connectivity index (χ4v) is 3.06. The number of hydrogen-bond donors (Lipinski definition) is 1. The molecule has 0 radical (unpaired) electrons. The molecule has 1 N–H and O–H groups in total. The van der Waals surface area contributed by atoms with Gasteiger partial charge in [-0.1, -0.05) is 0 Å². The van der Waals surface area contributed by atoms with Crippen molar-refractivity contribution in [2.24, 2.45) is 13.0 Å². The van der Waals surface area contributed by atoms with E-state index < -0.39 is 0 Å². The van der Waals surface area contributed by atoms with Crippen molar-refractivity contribution in [1.29, 1.82) is 0 Å². The van der Waals surface area contributed by atoms with Gasteiger partial charge in [-0.15, -0.1) is 0 Å². The van der Waals surface area contributed by atoms with Crippen molar-refractivity contribution in [2.45, 2.75) is 38.3 Å². The zero-order valence-electron chi connectivity index (χ0n) is 11.5. The number of aryl methyl sites for hydroxylation is 1. The van der Waals surface area contributed by atoms with E-state index in [0.717, 1.165) is 18.5 Å². The molecule has 1 aliphatic heterocycles. The third kappa shape index (κ3) is 2.59. The monoisotopic (exact) mass is 248 g/mol. The number of hydrogen-bond acceptors (Lipinski definition) is 3. The van der Waals surface area contributed by atoms with Gasteiger partial charge in [-0.2, -0.15) is 5.10 Å². The lowest BCUT2D eigenvalue weighted by molar-refractivity contribution is 0.309. The van der Waals surface area contributed by atoms with Crippen molar-refractivity contribution in [1.82, 2.24) is 20.0 Å². The Morgan fingerprint density at radius 1 is 1.44 bits per heavy atom. The second-order valence-electron chi connectivity index (χ2n) is 5.89. The van der Waals surface area contributed by atoms with E-state index in [-0.39, 0.29) is 0 Å². The molecule has 2 heterocycles. The maximum Gasteiger partial charge on any atom is 0.0547 e. The molecule has 2 atom stereocenters. The Morgan fingerprint density at radius 2 is 2.28 bits per heavy atom. The summed E-state index contributed by atoms with van der Waals surface area (Å²) in [7, 11) is 2.01. The van der Waals surface area contributed by atoms with Gasteiger partial charge in [0, 0.05) is 31.9 Å². The topological polar surface area (TPSA) is 33.1 Å². The molecule has 4 heteroatoms. The lowest BCUT2D eigenvalue weighted by Crippen LogP contribution is -2.29. The summed E-state index contributed by atoms with van der Waals surface area (Å²) in [5.74, 6) is 0.835. The summed E-state index contributed by atoms with van der Waals surface area (Å²) < 4.78 is 1.96. The van der Waals surface area contributed by atoms with Crippen molar-refractivity contribution in [3.63, 3.8) is 0 Å². The predicted molar refractivity (Wildman–Crippen MR) is 72.3 cm³/mol. The van der Waals surface area contributed by atoms with Gasteiger partial charge < -0.3 is 10.2 Å². The highest BCUT2D eigenvalue weighted by Gasteiger charge is 2.34. The number of likely N-dealkylation sites (tertiary alicyclic amines) is 1. The van der Waals surface area contributed by atoms with E-state index in [4.69, 9.17) is 0 Å². The van der Waals surface area contributed by atoms with Gasteiger partial charge in [-0.25, -0.2) is 0 Å². The van der Waals surface area contributed by atoms with Gasteiger partial charge in [-0.3, -0.25) is 4.68 Å². The molecule has 1 saturated heterocycles. The number of aromatic nitrogens is 2. The molecule has 1 aromatic rings. The summed E-state index contributed by atoms with van der Waals surface area (Å²) in [4.78, 5) is 2.68. The molecule has 100 valence electrons. The zero-order chi connectivity index (χ0) is 12.5. The molecule has 2 aliphatic rings. The zero-order valence-corrected chi connectivity index (χ0v) is 11.5. The van der Waals surface area contributed by atoms with Gasteiger partial charge >= 0.3 is 0 Å².